The van der Waals surface area contributed by atoms with Gasteiger partial charge in [-0.3, -0.25) is 4.79 Å². The molecule has 0 atom stereocenters. The van der Waals surface area contributed by atoms with E-state index in [9.17, 15) is 4.79 Å². The highest BCUT2D eigenvalue weighted by molar-refractivity contribution is 5.77. The van der Waals surface area contributed by atoms with Crippen LogP contribution in [0.2, 0.25) is 0 Å². The summed E-state index contributed by atoms with van der Waals surface area (Å²) < 4.78 is 5.13. The molecule has 0 radical (unpaired) electrons. The van der Waals surface area contributed by atoms with Crippen LogP contribution in [0, 0.1) is 12.8 Å². The van der Waals surface area contributed by atoms with Crippen molar-refractivity contribution in [3.8, 4) is 0 Å². The highest BCUT2D eigenvalue weighted by Crippen LogP contribution is 2.20. The molecule has 2 saturated heterocycles. The van der Waals surface area contributed by atoms with Crippen LogP contribution in [0.1, 0.15) is 12.0 Å². The van der Waals surface area contributed by atoms with Gasteiger partial charge in [0, 0.05) is 44.2 Å². The molecule has 1 aromatic carbocycles. The van der Waals surface area contributed by atoms with Gasteiger partial charge in [-0.25, -0.2) is 0 Å². The van der Waals surface area contributed by atoms with Crippen LogP contribution in [0.3, 0.4) is 0 Å². The molecule has 0 aromatic heterocycles. The van der Waals surface area contributed by atoms with Gasteiger partial charge in [0.25, 0.3) is 0 Å². The third-order valence-corrected chi connectivity index (χ3v) is 4.17. The van der Waals surface area contributed by atoms with Gasteiger partial charge in [-0.1, -0.05) is 12.1 Å². The van der Waals surface area contributed by atoms with Crippen LogP contribution in [0.4, 0.5) is 5.69 Å². The van der Waals surface area contributed by atoms with Crippen LogP contribution in [-0.2, 0) is 9.53 Å². The van der Waals surface area contributed by atoms with Gasteiger partial charge < -0.3 is 14.5 Å². The third-order valence-electron chi connectivity index (χ3n) is 4.17. The molecular weight excluding hydrogens is 252 g/mol. The number of ether oxygens (including phenoxy) is 1. The predicted molar refractivity (Wildman–Crippen MR) is 78.9 cm³/mol. The van der Waals surface area contributed by atoms with Crippen molar-refractivity contribution >= 4 is 11.6 Å². The number of carbonyl (C=O) groups is 1. The molecule has 2 heterocycles. The smallest absolute Gasteiger partial charge is 0.223 e. The van der Waals surface area contributed by atoms with E-state index in [1.54, 1.807) is 0 Å². The van der Waals surface area contributed by atoms with Crippen LogP contribution >= 0.6 is 0 Å². The average molecular weight is 274 g/mol. The Labute approximate surface area is 120 Å². The molecule has 0 N–H and O–H groups in total. The Kier molecular flexibility index (Phi) is 3.92. The van der Waals surface area contributed by atoms with Gasteiger partial charge in [-0.05, 0) is 24.6 Å². The van der Waals surface area contributed by atoms with E-state index in [4.69, 9.17) is 4.74 Å². The summed E-state index contributed by atoms with van der Waals surface area (Å²) in [5.41, 5.74) is 2.55. The lowest BCUT2D eigenvalue weighted by molar-refractivity contribution is -0.136. The zero-order valence-corrected chi connectivity index (χ0v) is 12.0. The van der Waals surface area contributed by atoms with Gasteiger partial charge in [0.1, 0.15) is 0 Å². The SMILES string of the molecule is Cc1cccc(N2CCN(C(=O)CC3COC3)CC2)c1. The monoisotopic (exact) mass is 274 g/mol. The quantitative estimate of drug-likeness (QED) is 0.840. The number of benzene rings is 1. The second-order valence-corrected chi connectivity index (χ2v) is 5.81. The summed E-state index contributed by atoms with van der Waals surface area (Å²) >= 11 is 0. The van der Waals surface area contributed by atoms with Crippen molar-refractivity contribution in [2.75, 3.05) is 44.3 Å². The summed E-state index contributed by atoms with van der Waals surface area (Å²) in [6, 6.07) is 8.57. The molecule has 3 rings (SSSR count). The van der Waals surface area contributed by atoms with Crippen molar-refractivity contribution in [2.45, 2.75) is 13.3 Å². The maximum absolute atomic E-state index is 12.2. The van der Waals surface area contributed by atoms with Gasteiger partial charge in [0.2, 0.25) is 5.91 Å². The summed E-state index contributed by atoms with van der Waals surface area (Å²) in [5.74, 6) is 0.750. The third kappa shape index (κ3) is 2.96. The van der Waals surface area contributed by atoms with Crippen molar-refractivity contribution in [1.82, 2.24) is 4.90 Å². The predicted octanol–water partition coefficient (Wildman–Crippen LogP) is 1.68. The van der Waals surface area contributed by atoms with Gasteiger partial charge in [-0.2, -0.15) is 0 Å². The average Bonchev–Trinajstić information content (AvgIpc) is 2.43. The van der Waals surface area contributed by atoms with Crippen molar-refractivity contribution in [2.24, 2.45) is 5.92 Å². The van der Waals surface area contributed by atoms with E-state index in [1.165, 1.54) is 11.3 Å². The summed E-state index contributed by atoms with van der Waals surface area (Å²) in [7, 11) is 0. The molecule has 1 amide bonds. The molecule has 2 aliphatic rings. The summed E-state index contributed by atoms with van der Waals surface area (Å²) in [4.78, 5) is 16.5. The summed E-state index contributed by atoms with van der Waals surface area (Å²) in [5, 5.41) is 0. The lowest BCUT2D eigenvalue weighted by Gasteiger charge is -2.37. The van der Waals surface area contributed by atoms with E-state index in [-0.39, 0.29) is 0 Å². The highest BCUT2D eigenvalue weighted by atomic mass is 16.5. The summed E-state index contributed by atoms with van der Waals surface area (Å²) in [6.07, 6.45) is 0.657. The first kappa shape index (κ1) is 13.4. The number of hydrogen-bond donors (Lipinski definition) is 0. The normalized spacial score (nSPS) is 19.9. The highest BCUT2D eigenvalue weighted by Gasteiger charge is 2.26. The topological polar surface area (TPSA) is 32.8 Å². The zero-order chi connectivity index (χ0) is 13.9. The first-order chi connectivity index (χ1) is 9.72. The summed E-state index contributed by atoms with van der Waals surface area (Å²) in [6.45, 7) is 7.15. The Morgan fingerprint density at radius 3 is 2.60 bits per heavy atom. The fourth-order valence-electron chi connectivity index (χ4n) is 2.82. The first-order valence-electron chi connectivity index (χ1n) is 7.39. The Bertz CT molecular complexity index is 477. The van der Waals surface area contributed by atoms with E-state index in [0.717, 1.165) is 39.4 Å². The number of anilines is 1. The minimum Gasteiger partial charge on any atom is -0.381 e. The van der Waals surface area contributed by atoms with Gasteiger partial charge in [0.15, 0.2) is 0 Å². The van der Waals surface area contributed by atoms with Crippen molar-refractivity contribution in [3.63, 3.8) is 0 Å². The number of piperazine rings is 1. The second kappa shape index (κ2) is 5.83. The fraction of sp³-hybridized carbons (Fsp3) is 0.562. The van der Waals surface area contributed by atoms with Crippen LogP contribution in [0.25, 0.3) is 0 Å². The molecular formula is C16H22N2O2. The molecule has 4 heteroatoms. The van der Waals surface area contributed by atoms with E-state index in [0.29, 0.717) is 18.2 Å². The van der Waals surface area contributed by atoms with Crippen LogP contribution in [0.5, 0.6) is 0 Å². The Morgan fingerprint density at radius 1 is 1.25 bits per heavy atom. The molecule has 2 aliphatic heterocycles. The molecule has 20 heavy (non-hydrogen) atoms. The number of rotatable bonds is 3. The standard InChI is InChI=1S/C16H22N2O2/c1-13-3-2-4-15(9-13)17-5-7-18(8-6-17)16(19)10-14-11-20-12-14/h2-4,9,14H,5-8,10-12H2,1H3. The van der Waals surface area contributed by atoms with E-state index in [2.05, 4.69) is 36.1 Å². The molecule has 0 bridgehead atoms. The first-order valence-corrected chi connectivity index (χ1v) is 7.39. The van der Waals surface area contributed by atoms with E-state index >= 15 is 0 Å². The van der Waals surface area contributed by atoms with Crippen LogP contribution in [-0.4, -0.2) is 50.2 Å². The number of aryl methyl sites for hydroxylation is 1. The largest absolute Gasteiger partial charge is 0.381 e. The van der Waals surface area contributed by atoms with Crippen molar-refractivity contribution in [3.05, 3.63) is 29.8 Å². The van der Waals surface area contributed by atoms with Gasteiger partial charge in [-0.15, -0.1) is 0 Å². The van der Waals surface area contributed by atoms with Gasteiger partial charge in [0.05, 0.1) is 13.2 Å². The minimum absolute atomic E-state index is 0.294. The molecule has 4 nitrogen and oxygen atoms in total. The molecule has 2 fully saturated rings. The van der Waals surface area contributed by atoms with Crippen LogP contribution < -0.4 is 4.90 Å². The zero-order valence-electron chi connectivity index (χ0n) is 12.0. The van der Waals surface area contributed by atoms with E-state index < -0.39 is 0 Å². The van der Waals surface area contributed by atoms with Gasteiger partial charge >= 0.3 is 0 Å². The maximum Gasteiger partial charge on any atom is 0.223 e. The Balaban J connectivity index is 1.52. The van der Waals surface area contributed by atoms with Crippen LogP contribution in [0.15, 0.2) is 24.3 Å². The fourth-order valence-corrected chi connectivity index (χ4v) is 2.82. The van der Waals surface area contributed by atoms with Crippen molar-refractivity contribution < 1.29 is 9.53 Å². The molecule has 108 valence electrons. The number of hydrogen-bond acceptors (Lipinski definition) is 3. The maximum atomic E-state index is 12.2. The molecule has 0 aliphatic carbocycles. The Morgan fingerprint density at radius 2 is 2.00 bits per heavy atom. The molecule has 0 spiro atoms. The number of amides is 1. The molecule has 1 aromatic rings. The molecule has 0 unspecified atom stereocenters. The second-order valence-electron chi connectivity index (χ2n) is 5.81. The number of nitrogens with zero attached hydrogens (tertiary/aromatic N) is 2. The number of carbonyl (C=O) groups excluding carboxylic acids is 1. The lowest BCUT2D eigenvalue weighted by Crippen LogP contribution is -2.49. The van der Waals surface area contributed by atoms with Crippen molar-refractivity contribution in [1.29, 1.82) is 0 Å². The molecule has 0 saturated carbocycles. The minimum atomic E-state index is 0.294. The Hall–Kier alpha value is -1.55. The lowest BCUT2D eigenvalue weighted by atomic mass is 10.0. The van der Waals surface area contributed by atoms with E-state index in [1.807, 2.05) is 4.90 Å².